The summed E-state index contributed by atoms with van der Waals surface area (Å²) in [7, 11) is 0. The number of aromatic nitrogens is 1. The molecule has 3 heteroatoms. The average Bonchev–Trinajstić information content (AvgIpc) is 2.93. The van der Waals surface area contributed by atoms with Crippen LogP contribution in [0.1, 0.15) is 29.9 Å². The average molecular weight is 269 g/mol. The minimum absolute atomic E-state index is 0.677. The maximum Gasteiger partial charge on any atom is 0.100 e. The number of anilines is 1. The number of rotatable bonds is 4. The van der Waals surface area contributed by atoms with Gasteiger partial charge in [0, 0.05) is 12.7 Å². The molecule has 3 rings (SSSR count). The molecule has 0 unspecified atom stereocenters. The summed E-state index contributed by atoms with van der Waals surface area (Å²) in [6.45, 7) is 3.57. The Labute approximate surface area is 120 Å². The number of aromatic amines is 1. The van der Waals surface area contributed by atoms with Gasteiger partial charge < -0.3 is 15.6 Å². The fourth-order valence-electron chi connectivity index (χ4n) is 3.09. The second kappa shape index (κ2) is 6.14. The minimum atomic E-state index is 0.677. The molecule has 1 aliphatic heterocycles. The molecule has 2 aromatic rings. The number of benzene rings is 1. The highest BCUT2D eigenvalue weighted by Gasteiger charge is 2.20. The van der Waals surface area contributed by atoms with Gasteiger partial charge in [0.25, 0.3) is 0 Å². The number of piperidine rings is 1. The zero-order valence-corrected chi connectivity index (χ0v) is 11.9. The monoisotopic (exact) mass is 269 g/mol. The molecule has 1 fully saturated rings. The molecule has 1 aliphatic rings. The lowest BCUT2D eigenvalue weighted by molar-refractivity contribution is 0.214. The number of nitrogens with one attached hydrogen (secondary N) is 1. The Morgan fingerprint density at radius 2 is 1.90 bits per heavy atom. The van der Waals surface area contributed by atoms with Crippen LogP contribution in [0.15, 0.2) is 42.6 Å². The first-order valence-electron chi connectivity index (χ1n) is 7.51. The molecule has 106 valence electrons. The number of nitrogens with zero attached hydrogens (tertiary/aromatic N) is 1. The molecule has 1 aromatic carbocycles. The van der Waals surface area contributed by atoms with Crippen molar-refractivity contribution < 1.29 is 0 Å². The van der Waals surface area contributed by atoms with E-state index in [2.05, 4.69) is 52.5 Å². The highest BCUT2D eigenvalue weighted by atomic mass is 15.1. The Kier molecular flexibility index (Phi) is 4.07. The molecule has 1 saturated heterocycles. The van der Waals surface area contributed by atoms with Crippen LogP contribution in [0.2, 0.25) is 0 Å². The third-order valence-corrected chi connectivity index (χ3v) is 4.35. The lowest BCUT2D eigenvalue weighted by atomic mass is 9.91. The Balaban J connectivity index is 1.47. The van der Waals surface area contributed by atoms with Crippen molar-refractivity contribution in [1.29, 1.82) is 0 Å². The van der Waals surface area contributed by atoms with Crippen LogP contribution in [0.3, 0.4) is 0 Å². The van der Waals surface area contributed by atoms with Crippen LogP contribution in [-0.4, -0.2) is 29.5 Å². The van der Waals surface area contributed by atoms with E-state index in [4.69, 9.17) is 5.73 Å². The molecule has 3 nitrogen and oxygen atoms in total. The van der Waals surface area contributed by atoms with Gasteiger partial charge in [-0.15, -0.1) is 0 Å². The molecule has 0 atom stereocenters. The first kappa shape index (κ1) is 13.3. The van der Waals surface area contributed by atoms with Gasteiger partial charge in [-0.3, -0.25) is 0 Å². The predicted octanol–water partition coefficient (Wildman–Crippen LogP) is 3.02. The summed E-state index contributed by atoms with van der Waals surface area (Å²) in [5.74, 6) is 1.46. The largest absolute Gasteiger partial charge is 0.385 e. The summed E-state index contributed by atoms with van der Waals surface area (Å²) < 4.78 is 0. The summed E-state index contributed by atoms with van der Waals surface area (Å²) in [5.41, 5.74) is 8.58. The van der Waals surface area contributed by atoms with Crippen molar-refractivity contribution in [3.63, 3.8) is 0 Å². The molecule has 0 spiro atoms. The van der Waals surface area contributed by atoms with Crippen LogP contribution in [0.5, 0.6) is 0 Å². The van der Waals surface area contributed by atoms with Crippen LogP contribution in [0, 0.1) is 0 Å². The number of nitrogens with two attached hydrogens (primary N) is 1. The van der Waals surface area contributed by atoms with Crippen LogP contribution >= 0.6 is 0 Å². The quantitative estimate of drug-likeness (QED) is 0.896. The van der Waals surface area contributed by atoms with Crippen LogP contribution < -0.4 is 5.73 Å². The molecule has 2 heterocycles. The summed E-state index contributed by atoms with van der Waals surface area (Å²) in [6.07, 6.45) is 5.71. The number of hydrogen-bond donors (Lipinski definition) is 2. The van der Waals surface area contributed by atoms with Gasteiger partial charge in [-0.1, -0.05) is 30.3 Å². The Morgan fingerprint density at radius 1 is 1.15 bits per heavy atom. The van der Waals surface area contributed by atoms with E-state index in [0.29, 0.717) is 5.92 Å². The van der Waals surface area contributed by atoms with E-state index >= 15 is 0 Å². The lowest BCUT2D eigenvalue weighted by Gasteiger charge is -2.31. The molecule has 0 amide bonds. The molecular formula is C17H23N3. The van der Waals surface area contributed by atoms with E-state index in [1.807, 2.05) is 0 Å². The Bertz CT molecular complexity index is 524. The van der Waals surface area contributed by atoms with Crippen molar-refractivity contribution in [3.8, 4) is 0 Å². The molecule has 0 aliphatic carbocycles. The standard InChI is InChI=1S/C17H23N3/c18-17-12-16(13-19-17)15-7-10-20(11-8-15)9-6-14-4-2-1-3-5-14/h1-5,12-13,15,19H,6-11,18H2. The van der Waals surface area contributed by atoms with Gasteiger partial charge in [-0.2, -0.15) is 0 Å². The first-order chi connectivity index (χ1) is 9.81. The molecular weight excluding hydrogens is 246 g/mol. The third-order valence-electron chi connectivity index (χ3n) is 4.35. The number of likely N-dealkylation sites (tertiary alicyclic amines) is 1. The lowest BCUT2D eigenvalue weighted by Crippen LogP contribution is -2.34. The van der Waals surface area contributed by atoms with Gasteiger partial charge in [0.1, 0.15) is 5.82 Å². The molecule has 0 radical (unpaired) electrons. The van der Waals surface area contributed by atoms with Gasteiger partial charge in [-0.25, -0.2) is 0 Å². The smallest absolute Gasteiger partial charge is 0.100 e. The summed E-state index contributed by atoms with van der Waals surface area (Å²) >= 11 is 0. The van der Waals surface area contributed by atoms with Crippen molar-refractivity contribution in [2.75, 3.05) is 25.4 Å². The molecule has 20 heavy (non-hydrogen) atoms. The number of H-pyrrole nitrogens is 1. The number of nitrogen functional groups attached to an aromatic ring is 1. The fraction of sp³-hybridized carbons (Fsp3) is 0.412. The van der Waals surface area contributed by atoms with Crippen molar-refractivity contribution >= 4 is 5.82 Å². The Morgan fingerprint density at radius 3 is 2.55 bits per heavy atom. The van der Waals surface area contributed by atoms with Crippen LogP contribution in [0.25, 0.3) is 0 Å². The van der Waals surface area contributed by atoms with Gasteiger partial charge >= 0.3 is 0 Å². The molecule has 3 N–H and O–H groups in total. The normalized spacial score (nSPS) is 17.4. The highest BCUT2D eigenvalue weighted by molar-refractivity contribution is 5.35. The van der Waals surface area contributed by atoms with Gasteiger partial charge in [0.2, 0.25) is 0 Å². The molecule has 0 saturated carbocycles. The van der Waals surface area contributed by atoms with Crippen LogP contribution in [0.4, 0.5) is 5.82 Å². The van der Waals surface area contributed by atoms with Crippen molar-refractivity contribution in [2.24, 2.45) is 0 Å². The molecule has 0 bridgehead atoms. The van der Waals surface area contributed by atoms with E-state index in [-0.39, 0.29) is 0 Å². The van der Waals surface area contributed by atoms with Crippen molar-refractivity contribution in [2.45, 2.75) is 25.2 Å². The minimum Gasteiger partial charge on any atom is -0.385 e. The maximum atomic E-state index is 5.76. The fourth-order valence-corrected chi connectivity index (χ4v) is 3.09. The van der Waals surface area contributed by atoms with E-state index in [0.717, 1.165) is 12.2 Å². The maximum absolute atomic E-state index is 5.76. The topological polar surface area (TPSA) is 45.0 Å². The first-order valence-corrected chi connectivity index (χ1v) is 7.51. The third kappa shape index (κ3) is 3.23. The van der Waals surface area contributed by atoms with Gasteiger partial charge in [0.05, 0.1) is 0 Å². The SMILES string of the molecule is Nc1cc(C2CCN(CCc3ccccc3)CC2)c[nH]1. The predicted molar refractivity (Wildman–Crippen MR) is 83.8 cm³/mol. The highest BCUT2D eigenvalue weighted by Crippen LogP contribution is 2.28. The van der Waals surface area contributed by atoms with E-state index in [9.17, 15) is 0 Å². The van der Waals surface area contributed by atoms with Crippen molar-refractivity contribution in [3.05, 3.63) is 53.7 Å². The summed E-state index contributed by atoms with van der Waals surface area (Å²) in [6, 6.07) is 12.8. The molecule has 1 aromatic heterocycles. The van der Waals surface area contributed by atoms with Gasteiger partial charge in [0.15, 0.2) is 0 Å². The van der Waals surface area contributed by atoms with Gasteiger partial charge in [-0.05, 0) is 55.5 Å². The second-order valence-corrected chi connectivity index (χ2v) is 5.74. The van der Waals surface area contributed by atoms with E-state index < -0.39 is 0 Å². The summed E-state index contributed by atoms with van der Waals surface area (Å²) in [5, 5.41) is 0. The zero-order valence-electron chi connectivity index (χ0n) is 11.9. The summed E-state index contributed by atoms with van der Waals surface area (Å²) in [4.78, 5) is 5.67. The number of hydrogen-bond acceptors (Lipinski definition) is 2. The second-order valence-electron chi connectivity index (χ2n) is 5.74. The zero-order chi connectivity index (χ0) is 13.8. The Hall–Kier alpha value is -1.74. The van der Waals surface area contributed by atoms with E-state index in [1.54, 1.807) is 0 Å². The van der Waals surface area contributed by atoms with E-state index in [1.165, 1.54) is 43.6 Å². The van der Waals surface area contributed by atoms with Crippen LogP contribution in [-0.2, 0) is 6.42 Å². The van der Waals surface area contributed by atoms with Crippen molar-refractivity contribution in [1.82, 2.24) is 9.88 Å².